The molecule has 1 unspecified atom stereocenters. The molecule has 0 saturated carbocycles. The molecule has 1 fully saturated rings. The lowest BCUT2D eigenvalue weighted by atomic mass is 9.96. The molecule has 2 aromatic rings. The predicted octanol–water partition coefficient (Wildman–Crippen LogP) is 2.36. The first-order chi connectivity index (χ1) is 12.0. The molecule has 1 atom stereocenters. The summed E-state index contributed by atoms with van der Waals surface area (Å²) in [5.41, 5.74) is 0. The lowest BCUT2D eigenvalue weighted by Gasteiger charge is -2.22. The third-order valence-electron chi connectivity index (χ3n) is 4.43. The Morgan fingerprint density at radius 3 is 2.92 bits per heavy atom. The molecule has 2 N–H and O–H groups in total. The Bertz CT molecular complexity index is 855. The van der Waals surface area contributed by atoms with E-state index in [2.05, 4.69) is 10.0 Å². The van der Waals surface area contributed by atoms with Crippen LogP contribution in [0.1, 0.15) is 28.9 Å². The third-order valence-corrected chi connectivity index (χ3v) is 7.26. The molecular weight excluding hydrogens is 360 g/mol. The van der Waals surface area contributed by atoms with E-state index in [0.29, 0.717) is 17.8 Å². The van der Waals surface area contributed by atoms with Gasteiger partial charge < -0.3 is 10.1 Å². The lowest BCUT2D eigenvalue weighted by molar-refractivity contribution is 0.0602. The minimum atomic E-state index is -3.79. The maximum atomic E-state index is 12.9. The fourth-order valence-corrected chi connectivity index (χ4v) is 6.02. The van der Waals surface area contributed by atoms with Crippen molar-refractivity contribution in [2.45, 2.75) is 24.2 Å². The Kier molecular flexibility index (Phi) is 5.73. The van der Waals surface area contributed by atoms with Gasteiger partial charge in [0.2, 0.25) is 10.0 Å². The molecule has 6 nitrogen and oxygen atoms in total. The normalized spacial score (nSPS) is 18.4. The van der Waals surface area contributed by atoms with Gasteiger partial charge in [0, 0.05) is 16.6 Å². The standard InChI is InChI=1S/C17H22N2O4S2/c1-23-17(20)15-16(13-6-2-3-7-14(13)24-15)25(21,22)19-10-8-12-5-4-9-18-11-12/h2-3,6-7,12,18-19H,4-5,8-11H2,1H3. The highest BCUT2D eigenvalue weighted by Gasteiger charge is 2.28. The molecule has 0 aliphatic carbocycles. The maximum absolute atomic E-state index is 12.9. The molecule has 0 radical (unpaired) electrons. The van der Waals surface area contributed by atoms with E-state index in [9.17, 15) is 13.2 Å². The summed E-state index contributed by atoms with van der Waals surface area (Å²) in [5.74, 6) is -0.145. The summed E-state index contributed by atoms with van der Waals surface area (Å²) in [6.45, 7) is 2.32. The van der Waals surface area contributed by atoms with E-state index in [1.54, 1.807) is 18.2 Å². The van der Waals surface area contributed by atoms with Gasteiger partial charge in [-0.15, -0.1) is 11.3 Å². The number of esters is 1. The van der Waals surface area contributed by atoms with E-state index >= 15 is 0 Å². The van der Waals surface area contributed by atoms with Gasteiger partial charge in [0.25, 0.3) is 0 Å². The summed E-state index contributed by atoms with van der Waals surface area (Å²) in [4.78, 5) is 12.2. The van der Waals surface area contributed by atoms with Crippen molar-refractivity contribution in [2.24, 2.45) is 5.92 Å². The first-order valence-electron chi connectivity index (χ1n) is 8.33. The zero-order valence-electron chi connectivity index (χ0n) is 14.1. The minimum absolute atomic E-state index is 0.0294. The van der Waals surface area contributed by atoms with E-state index in [1.165, 1.54) is 7.11 Å². The van der Waals surface area contributed by atoms with Crippen molar-refractivity contribution < 1.29 is 17.9 Å². The quantitative estimate of drug-likeness (QED) is 0.749. The van der Waals surface area contributed by atoms with Crippen LogP contribution in [0.4, 0.5) is 0 Å². The highest BCUT2D eigenvalue weighted by Crippen LogP contribution is 2.35. The average Bonchev–Trinajstić information content (AvgIpc) is 3.02. The fraction of sp³-hybridized carbons (Fsp3) is 0.471. The summed E-state index contributed by atoms with van der Waals surface area (Å²) < 4.78 is 33.9. The number of nitrogens with one attached hydrogen (secondary N) is 2. The molecule has 2 heterocycles. The number of methoxy groups -OCH3 is 1. The Hall–Kier alpha value is -1.48. The summed E-state index contributed by atoms with van der Waals surface area (Å²) >= 11 is 1.14. The molecule has 136 valence electrons. The Morgan fingerprint density at radius 1 is 1.40 bits per heavy atom. The second-order valence-corrected chi connectivity index (χ2v) is 8.90. The average molecular weight is 383 g/mol. The Labute approximate surface area is 151 Å². The zero-order valence-corrected chi connectivity index (χ0v) is 15.7. The number of piperidine rings is 1. The van der Waals surface area contributed by atoms with Crippen LogP contribution in [0.3, 0.4) is 0 Å². The predicted molar refractivity (Wildman–Crippen MR) is 98.6 cm³/mol. The van der Waals surface area contributed by atoms with Crippen LogP contribution in [-0.4, -0.2) is 41.1 Å². The minimum Gasteiger partial charge on any atom is -0.465 e. The highest BCUT2D eigenvalue weighted by atomic mass is 32.2. The lowest BCUT2D eigenvalue weighted by Crippen LogP contribution is -2.33. The summed E-state index contributed by atoms with van der Waals surface area (Å²) in [5, 5.41) is 3.88. The van der Waals surface area contributed by atoms with Crippen LogP contribution in [0.15, 0.2) is 29.2 Å². The molecule has 1 saturated heterocycles. The Morgan fingerprint density at radius 2 is 2.20 bits per heavy atom. The largest absolute Gasteiger partial charge is 0.465 e. The van der Waals surface area contributed by atoms with Crippen LogP contribution in [0.25, 0.3) is 10.1 Å². The number of hydrogen-bond acceptors (Lipinski definition) is 6. The van der Waals surface area contributed by atoms with Crippen LogP contribution >= 0.6 is 11.3 Å². The third kappa shape index (κ3) is 4.03. The van der Waals surface area contributed by atoms with Crippen LogP contribution in [0, 0.1) is 5.92 Å². The molecule has 1 aliphatic heterocycles. The number of fused-ring (bicyclic) bond motifs is 1. The van der Waals surface area contributed by atoms with Crippen LogP contribution in [-0.2, 0) is 14.8 Å². The fourth-order valence-electron chi connectivity index (χ4n) is 3.16. The van der Waals surface area contributed by atoms with Crippen molar-refractivity contribution in [1.29, 1.82) is 0 Å². The van der Waals surface area contributed by atoms with Crippen LogP contribution < -0.4 is 10.0 Å². The molecule has 1 aliphatic rings. The molecular formula is C17H22N2O4S2. The topological polar surface area (TPSA) is 84.5 Å². The van der Waals surface area contributed by atoms with Gasteiger partial charge in [0.05, 0.1) is 7.11 Å². The van der Waals surface area contributed by atoms with E-state index in [1.807, 2.05) is 6.07 Å². The Balaban J connectivity index is 1.84. The zero-order chi connectivity index (χ0) is 17.9. The SMILES string of the molecule is COC(=O)c1sc2ccccc2c1S(=O)(=O)NCCC1CCCNC1. The van der Waals surface area contributed by atoms with Gasteiger partial charge in [-0.1, -0.05) is 18.2 Å². The van der Waals surface area contributed by atoms with Crippen molar-refractivity contribution in [3.63, 3.8) is 0 Å². The summed E-state index contributed by atoms with van der Waals surface area (Å²) in [6, 6.07) is 7.11. The number of sulfonamides is 1. The van der Waals surface area contributed by atoms with Crippen molar-refractivity contribution in [2.75, 3.05) is 26.7 Å². The van der Waals surface area contributed by atoms with E-state index in [0.717, 1.165) is 48.4 Å². The van der Waals surface area contributed by atoms with Crippen LogP contribution in [0.2, 0.25) is 0 Å². The molecule has 1 aromatic carbocycles. The number of ether oxygens (including phenoxy) is 1. The van der Waals surface area contributed by atoms with Crippen molar-refractivity contribution in [3.05, 3.63) is 29.1 Å². The second kappa shape index (κ2) is 7.82. The molecule has 3 rings (SSSR count). The number of carbonyl (C=O) groups excluding carboxylic acids is 1. The summed E-state index contributed by atoms with van der Waals surface area (Å²) in [7, 11) is -2.53. The molecule has 0 spiro atoms. The number of carbonyl (C=O) groups is 1. The first kappa shape index (κ1) is 18.3. The van der Waals surface area contributed by atoms with Gasteiger partial charge >= 0.3 is 5.97 Å². The molecule has 1 aromatic heterocycles. The molecule has 8 heteroatoms. The molecule has 0 bridgehead atoms. The van der Waals surface area contributed by atoms with Gasteiger partial charge in [-0.05, 0) is 44.3 Å². The van der Waals surface area contributed by atoms with Gasteiger partial charge in [0.15, 0.2) is 0 Å². The number of rotatable bonds is 6. The van der Waals surface area contributed by atoms with Crippen molar-refractivity contribution in [3.8, 4) is 0 Å². The van der Waals surface area contributed by atoms with Crippen LogP contribution in [0.5, 0.6) is 0 Å². The van der Waals surface area contributed by atoms with E-state index in [4.69, 9.17) is 4.74 Å². The summed E-state index contributed by atoms with van der Waals surface area (Å²) in [6.07, 6.45) is 3.02. The smallest absolute Gasteiger partial charge is 0.349 e. The number of hydrogen-bond donors (Lipinski definition) is 2. The van der Waals surface area contributed by atoms with Crippen molar-refractivity contribution in [1.82, 2.24) is 10.0 Å². The second-order valence-electron chi connectivity index (χ2n) is 6.15. The van der Waals surface area contributed by atoms with Gasteiger partial charge in [0.1, 0.15) is 9.77 Å². The first-order valence-corrected chi connectivity index (χ1v) is 10.6. The molecule has 25 heavy (non-hydrogen) atoms. The maximum Gasteiger partial charge on any atom is 0.349 e. The van der Waals surface area contributed by atoms with Gasteiger partial charge in [-0.25, -0.2) is 17.9 Å². The van der Waals surface area contributed by atoms with Gasteiger partial charge in [-0.3, -0.25) is 0 Å². The molecule has 0 amide bonds. The number of thiophene rings is 1. The van der Waals surface area contributed by atoms with E-state index < -0.39 is 16.0 Å². The van der Waals surface area contributed by atoms with Gasteiger partial charge in [-0.2, -0.15) is 0 Å². The number of benzene rings is 1. The highest BCUT2D eigenvalue weighted by molar-refractivity contribution is 7.90. The monoisotopic (exact) mass is 382 g/mol. The van der Waals surface area contributed by atoms with E-state index in [-0.39, 0.29) is 9.77 Å². The van der Waals surface area contributed by atoms with Crippen molar-refractivity contribution >= 4 is 37.4 Å².